The first-order chi connectivity index (χ1) is 10.2. The van der Waals surface area contributed by atoms with Gasteiger partial charge in [-0.3, -0.25) is 4.79 Å². The van der Waals surface area contributed by atoms with Gasteiger partial charge in [0.15, 0.2) is 5.41 Å². The second-order valence-electron chi connectivity index (χ2n) is 5.90. The maximum absolute atomic E-state index is 12.8. The molecule has 4 nitrogen and oxygen atoms in total. The Morgan fingerprint density at radius 1 is 1.19 bits per heavy atom. The summed E-state index contributed by atoms with van der Waals surface area (Å²) in [6, 6.07) is 4.51. The van der Waals surface area contributed by atoms with E-state index in [1.807, 2.05) is 4.90 Å². The molecule has 1 heterocycles. The van der Waals surface area contributed by atoms with Gasteiger partial charge in [-0.2, -0.15) is 10.5 Å². The summed E-state index contributed by atoms with van der Waals surface area (Å²) in [5, 5.41) is 18.6. The third-order valence-corrected chi connectivity index (χ3v) is 4.74. The van der Waals surface area contributed by atoms with Gasteiger partial charge in [-0.1, -0.05) is 25.3 Å². The molecule has 1 saturated heterocycles. The first kappa shape index (κ1) is 13.6. The molecule has 4 heteroatoms. The fourth-order valence-corrected chi connectivity index (χ4v) is 3.49. The van der Waals surface area contributed by atoms with Crippen LogP contribution in [0.4, 0.5) is 0 Å². The van der Waals surface area contributed by atoms with Crippen LogP contribution in [0.1, 0.15) is 32.1 Å². The molecule has 3 rings (SSSR count). The van der Waals surface area contributed by atoms with Crippen LogP contribution in [0.2, 0.25) is 0 Å². The maximum atomic E-state index is 12.8. The maximum Gasteiger partial charge on any atom is 0.251 e. The monoisotopic (exact) mass is 279 g/mol. The molecular weight excluding hydrogens is 262 g/mol. The van der Waals surface area contributed by atoms with Crippen LogP contribution in [0.3, 0.4) is 0 Å². The van der Waals surface area contributed by atoms with Crippen LogP contribution >= 0.6 is 0 Å². The minimum atomic E-state index is -1.20. The number of fused-ring (bicyclic) bond motifs is 1. The zero-order valence-corrected chi connectivity index (χ0v) is 11.9. The highest BCUT2D eigenvalue weighted by Gasteiger charge is 2.51. The highest BCUT2D eigenvalue weighted by Crippen LogP contribution is 2.42. The molecular formula is C17H17N3O. The summed E-state index contributed by atoms with van der Waals surface area (Å²) in [5.74, 6) is -0.119. The zero-order valence-electron chi connectivity index (χ0n) is 11.9. The van der Waals surface area contributed by atoms with Crippen molar-refractivity contribution in [2.45, 2.75) is 38.1 Å². The van der Waals surface area contributed by atoms with E-state index in [0.717, 1.165) is 31.3 Å². The summed E-state index contributed by atoms with van der Waals surface area (Å²) < 4.78 is 0. The van der Waals surface area contributed by atoms with Gasteiger partial charge in [0.25, 0.3) is 5.91 Å². The molecule has 2 aliphatic carbocycles. The molecule has 1 aliphatic heterocycles. The molecule has 106 valence electrons. The summed E-state index contributed by atoms with van der Waals surface area (Å²) in [7, 11) is 0. The lowest BCUT2D eigenvalue weighted by Crippen LogP contribution is -2.41. The molecule has 0 aromatic heterocycles. The predicted molar refractivity (Wildman–Crippen MR) is 77.6 cm³/mol. The average Bonchev–Trinajstić information content (AvgIpc) is 2.70. The minimum absolute atomic E-state index is 0.119. The number of amides is 1. The quantitative estimate of drug-likeness (QED) is 0.741. The van der Waals surface area contributed by atoms with Crippen molar-refractivity contribution in [2.24, 2.45) is 5.41 Å². The van der Waals surface area contributed by atoms with Crippen LogP contribution in [0, 0.1) is 28.1 Å². The Morgan fingerprint density at radius 2 is 1.95 bits per heavy atom. The molecule has 0 bridgehead atoms. The minimum Gasteiger partial charge on any atom is -0.334 e. The number of rotatable bonds is 1. The second-order valence-corrected chi connectivity index (χ2v) is 5.90. The lowest BCUT2D eigenvalue weighted by molar-refractivity contribution is -0.134. The third-order valence-electron chi connectivity index (χ3n) is 4.74. The van der Waals surface area contributed by atoms with Gasteiger partial charge in [0.2, 0.25) is 0 Å². The molecule has 1 amide bonds. The Balaban J connectivity index is 1.97. The van der Waals surface area contributed by atoms with E-state index in [1.165, 1.54) is 6.42 Å². The van der Waals surface area contributed by atoms with Crippen molar-refractivity contribution in [1.82, 2.24) is 4.90 Å². The van der Waals surface area contributed by atoms with E-state index in [9.17, 15) is 10.1 Å². The van der Waals surface area contributed by atoms with Crippen molar-refractivity contribution in [3.63, 3.8) is 0 Å². The van der Waals surface area contributed by atoms with Crippen LogP contribution in [0.5, 0.6) is 0 Å². The number of allylic oxidation sites excluding steroid dienone is 4. The standard InChI is InChI=1S/C17H17N3O/c18-10-13-6-7-14-11-20(15-4-2-1-3-5-15)16(21)17(14,12-19)9-8-13/h6-9,15H,1-5,11H2. The lowest BCUT2D eigenvalue weighted by atomic mass is 9.83. The van der Waals surface area contributed by atoms with Crippen molar-refractivity contribution in [3.8, 4) is 12.1 Å². The number of hydrogen-bond donors (Lipinski definition) is 0. The lowest BCUT2D eigenvalue weighted by Gasteiger charge is -2.31. The van der Waals surface area contributed by atoms with Crippen LogP contribution in [-0.2, 0) is 4.79 Å². The molecule has 0 aromatic carbocycles. The highest BCUT2D eigenvalue weighted by molar-refractivity contribution is 5.95. The second kappa shape index (κ2) is 5.22. The fourth-order valence-electron chi connectivity index (χ4n) is 3.49. The molecule has 0 radical (unpaired) electrons. The van der Waals surface area contributed by atoms with Crippen molar-refractivity contribution < 1.29 is 4.79 Å². The molecule has 2 fully saturated rings. The molecule has 21 heavy (non-hydrogen) atoms. The van der Waals surface area contributed by atoms with Gasteiger partial charge in [-0.15, -0.1) is 0 Å². The largest absolute Gasteiger partial charge is 0.334 e. The molecule has 1 unspecified atom stereocenters. The zero-order chi connectivity index (χ0) is 14.9. The van der Waals surface area contributed by atoms with Gasteiger partial charge in [-0.05, 0) is 36.6 Å². The smallest absolute Gasteiger partial charge is 0.251 e. The Labute approximate surface area is 124 Å². The number of nitriles is 2. The molecule has 1 saturated carbocycles. The molecule has 3 aliphatic rings. The third kappa shape index (κ3) is 2.08. The summed E-state index contributed by atoms with van der Waals surface area (Å²) >= 11 is 0. The average molecular weight is 279 g/mol. The highest BCUT2D eigenvalue weighted by atomic mass is 16.2. The summed E-state index contributed by atoms with van der Waals surface area (Å²) in [5.41, 5.74) is 0.0672. The number of likely N-dealkylation sites (tertiary alicyclic amines) is 1. The van der Waals surface area contributed by atoms with Crippen LogP contribution in [0.15, 0.2) is 35.5 Å². The Bertz CT molecular complexity index is 638. The SMILES string of the molecule is N#CC1=CC=C2CN(C3CCCCC3)C(=O)C2(C#N)C=C1. The molecule has 0 aromatic rings. The fraction of sp³-hybridized carbons (Fsp3) is 0.471. The normalized spacial score (nSPS) is 29.0. The molecule has 0 spiro atoms. The van der Waals surface area contributed by atoms with Crippen molar-refractivity contribution in [2.75, 3.05) is 6.54 Å². The Kier molecular flexibility index (Phi) is 3.39. The van der Waals surface area contributed by atoms with E-state index in [-0.39, 0.29) is 11.9 Å². The summed E-state index contributed by atoms with van der Waals surface area (Å²) in [6.07, 6.45) is 12.3. The van der Waals surface area contributed by atoms with E-state index < -0.39 is 5.41 Å². The number of carbonyl (C=O) groups excluding carboxylic acids is 1. The van der Waals surface area contributed by atoms with Crippen molar-refractivity contribution in [3.05, 3.63) is 35.5 Å². The van der Waals surface area contributed by atoms with Gasteiger partial charge in [0.05, 0.1) is 17.7 Å². The van der Waals surface area contributed by atoms with Crippen LogP contribution in [-0.4, -0.2) is 23.4 Å². The van der Waals surface area contributed by atoms with Crippen LogP contribution < -0.4 is 0 Å². The predicted octanol–water partition coefficient (Wildman–Crippen LogP) is 2.62. The Hall–Kier alpha value is -2.33. The van der Waals surface area contributed by atoms with Gasteiger partial charge >= 0.3 is 0 Å². The van der Waals surface area contributed by atoms with Crippen molar-refractivity contribution in [1.29, 1.82) is 10.5 Å². The first-order valence-corrected chi connectivity index (χ1v) is 7.44. The number of carbonyl (C=O) groups is 1. The summed E-state index contributed by atoms with van der Waals surface area (Å²) in [4.78, 5) is 14.7. The van der Waals surface area contributed by atoms with E-state index >= 15 is 0 Å². The van der Waals surface area contributed by atoms with E-state index in [2.05, 4.69) is 12.1 Å². The van der Waals surface area contributed by atoms with Gasteiger partial charge < -0.3 is 4.90 Å². The van der Waals surface area contributed by atoms with Gasteiger partial charge in [0.1, 0.15) is 0 Å². The number of hydrogen-bond acceptors (Lipinski definition) is 3. The van der Waals surface area contributed by atoms with E-state index in [4.69, 9.17) is 5.26 Å². The summed E-state index contributed by atoms with van der Waals surface area (Å²) in [6.45, 7) is 0.511. The Morgan fingerprint density at radius 3 is 2.62 bits per heavy atom. The van der Waals surface area contributed by atoms with E-state index in [1.54, 1.807) is 24.3 Å². The van der Waals surface area contributed by atoms with E-state index in [0.29, 0.717) is 12.1 Å². The molecule has 1 atom stereocenters. The first-order valence-electron chi connectivity index (χ1n) is 7.44. The topological polar surface area (TPSA) is 67.9 Å². The van der Waals surface area contributed by atoms with Gasteiger partial charge in [-0.25, -0.2) is 0 Å². The van der Waals surface area contributed by atoms with Crippen molar-refractivity contribution >= 4 is 5.91 Å². The number of nitrogens with zero attached hydrogens (tertiary/aromatic N) is 3. The van der Waals surface area contributed by atoms with Gasteiger partial charge in [0, 0.05) is 12.6 Å². The van der Waals surface area contributed by atoms with Crippen LogP contribution in [0.25, 0.3) is 0 Å². The molecule has 0 N–H and O–H groups in total.